The molecule has 1 aromatic heterocycles. The SMILES string of the molecule is Cn1c(C2CCOC2)nc2cc(Br)ccc2c1=O. The van der Waals surface area contributed by atoms with Crippen LogP contribution in [-0.2, 0) is 11.8 Å². The first-order valence-corrected chi connectivity index (χ1v) is 6.70. The first-order valence-electron chi connectivity index (χ1n) is 5.91. The zero-order chi connectivity index (χ0) is 12.7. The van der Waals surface area contributed by atoms with E-state index < -0.39 is 0 Å². The molecule has 0 N–H and O–H groups in total. The number of ether oxygens (including phenoxy) is 1. The molecule has 1 unspecified atom stereocenters. The topological polar surface area (TPSA) is 44.1 Å². The summed E-state index contributed by atoms with van der Waals surface area (Å²) >= 11 is 3.41. The lowest BCUT2D eigenvalue weighted by Gasteiger charge is -2.13. The Balaban J connectivity index is 2.26. The van der Waals surface area contributed by atoms with Crippen LogP contribution in [0.3, 0.4) is 0 Å². The second-order valence-electron chi connectivity index (χ2n) is 4.56. The minimum atomic E-state index is 0.00870. The monoisotopic (exact) mass is 308 g/mol. The highest BCUT2D eigenvalue weighted by atomic mass is 79.9. The highest BCUT2D eigenvalue weighted by Gasteiger charge is 2.22. The van der Waals surface area contributed by atoms with Gasteiger partial charge in [0.2, 0.25) is 0 Å². The normalized spacial score (nSPS) is 19.6. The second-order valence-corrected chi connectivity index (χ2v) is 5.47. The minimum Gasteiger partial charge on any atom is -0.381 e. The van der Waals surface area contributed by atoms with Crippen molar-refractivity contribution in [1.29, 1.82) is 0 Å². The maximum absolute atomic E-state index is 12.3. The largest absolute Gasteiger partial charge is 0.381 e. The summed E-state index contributed by atoms with van der Waals surface area (Å²) in [6.07, 6.45) is 0.930. The summed E-state index contributed by atoms with van der Waals surface area (Å²) in [6, 6.07) is 5.56. The van der Waals surface area contributed by atoms with Crippen LogP contribution in [0.2, 0.25) is 0 Å². The molecule has 1 aliphatic rings. The van der Waals surface area contributed by atoms with E-state index in [9.17, 15) is 4.79 Å². The average Bonchev–Trinajstić information content (AvgIpc) is 2.87. The van der Waals surface area contributed by atoms with Crippen LogP contribution >= 0.6 is 15.9 Å². The number of halogens is 1. The third-order valence-corrected chi connectivity index (χ3v) is 3.86. The molecule has 1 aliphatic heterocycles. The lowest BCUT2D eigenvalue weighted by Crippen LogP contribution is -2.24. The van der Waals surface area contributed by atoms with Crippen LogP contribution in [0.1, 0.15) is 18.2 Å². The molecule has 1 saturated heterocycles. The molecule has 0 aliphatic carbocycles. The Morgan fingerprint density at radius 2 is 2.33 bits per heavy atom. The number of aromatic nitrogens is 2. The van der Waals surface area contributed by atoms with E-state index in [2.05, 4.69) is 20.9 Å². The van der Waals surface area contributed by atoms with Crippen LogP contribution in [0.4, 0.5) is 0 Å². The summed E-state index contributed by atoms with van der Waals surface area (Å²) < 4.78 is 7.96. The van der Waals surface area contributed by atoms with Crippen LogP contribution in [0.15, 0.2) is 27.5 Å². The van der Waals surface area contributed by atoms with Crippen molar-refractivity contribution in [3.05, 3.63) is 38.9 Å². The molecule has 0 bridgehead atoms. The van der Waals surface area contributed by atoms with Crippen molar-refractivity contribution in [2.45, 2.75) is 12.3 Å². The number of fused-ring (bicyclic) bond motifs is 1. The highest BCUT2D eigenvalue weighted by Crippen LogP contribution is 2.24. The molecule has 3 rings (SSSR count). The zero-order valence-corrected chi connectivity index (χ0v) is 11.6. The summed E-state index contributed by atoms with van der Waals surface area (Å²) in [6.45, 7) is 1.40. The van der Waals surface area contributed by atoms with Gasteiger partial charge < -0.3 is 4.74 Å². The van der Waals surface area contributed by atoms with Crippen molar-refractivity contribution in [1.82, 2.24) is 9.55 Å². The van der Waals surface area contributed by atoms with Gasteiger partial charge in [0.1, 0.15) is 5.82 Å². The van der Waals surface area contributed by atoms with Crippen molar-refractivity contribution in [3.63, 3.8) is 0 Å². The van der Waals surface area contributed by atoms with E-state index in [1.807, 2.05) is 18.2 Å². The first kappa shape index (κ1) is 11.9. The summed E-state index contributed by atoms with van der Waals surface area (Å²) in [4.78, 5) is 16.9. The predicted molar refractivity (Wildman–Crippen MR) is 72.9 cm³/mol. The maximum atomic E-state index is 12.3. The molecule has 18 heavy (non-hydrogen) atoms. The first-order chi connectivity index (χ1) is 8.66. The number of hydrogen-bond acceptors (Lipinski definition) is 3. The molecule has 0 saturated carbocycles. The summed E-state index contributed by atoms with van der Waals surface area (Å²) in [5, 5.41) is 0.656. The molecule has 0 spiro atoms. The molecule has 0 radical (unpaired) electrons. The van der Waals surface area contributed by atoms with Gasteiger partial charge in [0, 0.05) is 24.0 Å². The molecule has 0 amide bonds. The lowest BCUT2D eigenvalue weighted by atomic mass is 10.1. The van der Waals surface area contributed by atoms with Gasteiger partial charge in [-0.05, 0) is 24.6 Å². The van der Waals surface area contributed by atoms with Crippen molar-refractivity contribution in [2.75, 3.05) is 13.2 Å². The Morgan fingerprint density at radius 3 is 3.06 bits per heavy atom. The number of nitrogens with zero attached hydrogens (tertiary/aromatic N) is 2. The Labute approximate surface area is 113 Å². The molecule has 4 nitrogen and oxygen atoms in total. The molecule has 1 atom stereocenters. The van der Waals surface area contributed by atoms with Crippen LogP contribution in [0.5, 0.6) is 0 Å². The lowest BCUT2D eigenvalue weighted by molar-refractivity contribution is 0.192. The number of benzene rings is 1. The van der Waals surface area contributed by atoms with Crippen molar-refractivity contribution in [3.8, 4) is 0 Å². The van der Waals surface area contributed by atoms with E-state index in [0.717, 1.165) is 28.8 Å². The van der Waals surface area contributed by atoms with Gasteiger partial charge >= 0.3 is 0 Å². The molecule has 1 fully saturated rings. The molecule has 94 valence electrons. The van der Waals surface area contributed by atoms with Crippen LogP contribution in [-0.4, -0.2) is 22.8 Å². The van der Waals surface area contributed by atoms with E-state index in [0.29, 0.717) is 12.0 Å². The third-order valence-electron chi connectivity index (χ3n) is 3.37. The predicted octanol–water partition coefficient (Wildman–Crippen LogP) is 2.20. The standard InChI is InChI=1S/C13H13BrN2O2/c1-16-12(8-4-5-18-7-8)15-11-6-9(14)2-3-10(11)13(16)17/h2-3,6,8H,4-5,7H2,1H3. The molecular weight excluding hydrogens is 296 g/mol. The van der Waals surface area contributed by atoms with E-state index in [-0.39, 0.29) is 11.5 Å². The fourth-order valence-electron chi connectivity index (χ4n) is 2.36. The molecule has 2 heterocycles. The third kappa shape index (κ3) is 1.87. The Morgan fingerprint density at radius 1 is 1.50 bits per heavy atom. The van der Waals surface area contributed by atoms with Crippen LogP contribution in [0.25, 0.3) is 10.9 Å². The van der Waals surface area contributed by atoms with Gasteiger partial charge in [-0.2, -0.15) is 0 Å². The Bertz CT molecular complexity index is 660. The second kappa shape index (κ2) is 4.48. The maximum Gasteiger partial charge on any atom is 0.261 e. The Hall–Kier alpha value is -1.20. The quantitative estimate of drug-likeness (QED) is 0.811. The van der Waals surface area contributed by atoms with Gasteiger partial charge in [0.15, 0.2) is 0 Å². The van der Waals surface area contributed by atoms with Gasteiger partial charge in [-0.3, -0.25) is 9.36 Å². The van der Waals surface area contributed by atoms with Crippen molar-refractivity contribution >= 4 is 26.8 Å². The van der Waals surface area contributed by atoms with Gasteiger partial charge in [-0.1, -0.05) is 15.9 Å². The van der Waals surface area contributed by atoms with E-state index in [4.69, 9.17) is 4.74 Å². The van der Waals surface area contributed by atoms with Crippen molar-refractivity contribution < 1.29 is 4.74 Å². The summed E-state index contributed by atoms with van der Waals surface area (Å²) in [5.41, 5.74) is 0.753. The van der Waals surface area contributed by atoms with Gasteiger partial charge in [0.25, 0.3) is 5.56 Å². The summed E-state index contributed by atoms with van der Waals surface area (Å²) in [7, 11) is 1.78. The molecule has 5 heteroatoms. The number of rotatable bonds is 1. The highest BCUT2D eigenvalue weighted by molar-refractivity contribution is 9.10. The van der Waals surface area contributed by atoms with E-state index in [1.54, 1.807) is 11.6 Å². The molecule has 2 aromatic rings. The van der Waals surface area contributed by atoms with E-state index >= 15 is 0 Å². The number of hydrogen-bond donors (Lipinski definition) is 0. The Kier molecular flexibility index (Phi) is 2.95. The van der Waals surface area contributed by atoms with E-state index in [1.165, 1.54) is 0 Å². The summed E-state index contributed by atoms with van der Waals surface area (Å²) in [5.74, 6) is 1.05. The molecule has 1 aromatic carbocycles. The zero-order valence-electron chi connectivity index (χ0n) is 10.0. The smallest absolute Gasteiger partial charge is 0.261 e. The minimum absolute atomic E-state index is 0.00870. The van der Waals surface area contributed by atoms with Gasteiger partial charge in [0.05, 0.1) is 17.5 Å². The average molecular weight is 309 g/mol. The van der Waals surface area contributed by atoms with Gasteiger partial charge in [-0.15, -0.1) is 0 Å². The van der Waals surface area contributed by atoms with Gasteiger partial charge in [-0.25, -0.2) is 4.98 Å². The van der Waals surface area contributed by atoms with Crippen LogP contribution in [0, 0.1) is 0 Å². The fraction of sp³-hybridized carbons (Fsp3) is 0.385. The van der Waals surface area contributed by atoms with Crippen LogP contribution < -0.4 is 5.56 Å². The molecular formula is C13H13BrN2O2. The fourth-order valence-corrected chi connectivity index (χ4v) is 2.71. The van der Waals surface area contributed by atoms with Crippen molar-refractivity contribution in [2.24, 2.45) is 7.05 Å².